The van der Waals surface area contributed by atoms with E-state index in [2.05, 4.69) is 25.8 Å². The predicted molar refractivity (Wildman–Crippen MR) is 125 cm³/mol. The zero-order valence-corrected chi connectivity index (χ0v) is 19.8. The van der Waals surface area contributed by atoms with Gasteiger partial charge in [-0.25, -0.2) is 4.99 Å². The highest BCUT2D eigenvalue weighted by atomic mass is 127. The molecule has 2 aromatic rings. The topological polar surface area (TPSA) is 76.4 Å². The Morgan fingerprint density at radius 1 is 1.18 bits per heavy atom. The highest BCUT2D eigenvalue weighted by molar-refractivity contribution is 14.0. The normalized spacial score (nSPS) is 11.2. The zero-order chi connectivity index (χ0) is 19.5. The molecule has 156 valence electrons. The number of guanidine groups is 1. The molecule has 0 unspecified atom stereocenters. The van der Waals surface area contributed by atoms with Crippen LogP contribution in [0.25, 0.3) is 0 Å². The maximum atomic E-state index is 5.94. The van der Waals surface area contributed by atoms with Gasteiger partial charge in [-0.2, -0.15) is 0 Å². The second-order valence-corrected chi connectivity index (χ2v) is 6.60. The molecule has 0 aliphatic carbocycles. The Balaban J connectivity index is 0.00000392. The predicted octanol–water partition coefficient (Wildman–Crippen LogP) is 3.10. The lowest BCUT2D eigenvalue weighted by molar-refractivity contribution is 0.145. The highest BCUT2D eigenvalue weighted by Crippen LogP contribution is 2.09. The number of hydrogen-bond acceptors (Lipinski definition) is 4. The molecule has 2 rings (SSSR count). The van der Waals surface area contributed by atoms with Gasteiger partial charge in [0.2, 0.25) is 0 Å². The molecule has 0 aliphatic heterocycles. The lowest BCUT2D eigenvalue weighted by Crippen LogP contribution is -2.39. The summed E-state index contributed by atoms with van der Waals surface area (Å²) in [5.74, 6) is 2.48. The Kier molecular flexibility index (Phi) is 12.1. The summed E-state index contributed by atoms with van der Waals surface area (Å²) in [5.41, 5.74) is 1.23. The summed E-state index contributed by atoms with van der Waals surface area (Å²) in [5, 5.41) is 15.7. The van der Waals surface area contributed by atoms with Gasteiger partial charge in [0.25, 0.3) is 0 Å². The van der Waals surface area contributed by atoms with Crippen molar-refractivity contribution >= 4 is 41.5 Å². The monoisotopic (exact) mass is 520 g/mol. The van der Waals surface area contributed by atoms with Crippen molar-refractivity contribution in [3.8, 4) is 0 Å². The molecular weight excluding hydrogens is 491 g/mol. The number of nitrogens with one attached hydrogen (secondary N) is 2. The molecule has 0 saturated heterocycles. The van der Waals surface area contributed by atoms with E-state index in [0.717, 1.165) is 61.8 Å². The summed E-state index contributed by atoms with van der Waals surface area (Å²) in [4.78, 5) is 4.64. The summed E-state index contributed by atoms with van der Waals surface area (Å²) in [6, 6.07) is 7.90. The van der Waals surface area contributed by atoms with E-state index >= 15 is 0 Å². The van der Waals surface area contributed by atoms with Crippen molar-refractivity contribution in [2.45, 2.75) is 33.2 Å². The molecule has 1 aromatic carbocycles. The van der Waals surface area contributed by atoms with Crippen molar-refractivity contribution in [2.75, 3.05) is 26.3 Å². The molecule has 0 spiro atoms. The van der Waals surface area contributed by atoms with E-state index in [4.69, 9.17) is 16.3 Å². The number of hydrogen-bond donors (Lipinski definition) is 2. The second-order valence-electron chi connectivity index (χ2n) is 6.17. The number of aromatic nitrogens is 3. The van der Waals surface area contributed by atoms with Gasteiger partial charge in [0, 0.05) is 38.4 Å². The second kappa shape index (κ2) is 13.7. The van der Waals surface area contributed by atoms with Crippen molar-refractivity contribution in [2.24, 2.45) is 12.0 Å². The van der Waals surface area contributed by atoms with Crippen LogP contribution in [0.1, 0.15) is 30.6 Å². The number of benzene rings is 1. The van der Waals surface area contributed by atoms with Crippen LogP contribution in [0.2, 0.25) is 5.02 Å². The standard InChI is InChI=1S/C19H29ClN6O.HI/c1-4-27-13-5-11-21-19(23-14-18-25-24-15(2)26(18)3)22-12-10-16-6-8-17(20)9-7-16;/h6-9H,4-5,10-14H2,1-3H3,(H2,21,22,23);1H. The maximum absolute atomic E-state index is 5.94. The van der Waals surface area contributed by atoms with Crippen LogP contribution in [0.4, 0.5) is 0 Å². The number of rotatable bonds is 10. The lowest BCUT2D eigenvalue weighted by atomic mass is 10.1. The first-order valence-corrected chi connectivity index (χ1v) is 9.67. The Morgan fingerprint density at radius 2 is 1.89 bits per heavy atom. The minimum absolute atomic E-state index is 0. The first-order valence-electron chi connectivity index (χ1n) is 9.29. The van der Waals surface area contributed by atoms with Crippen LogP contribution in [-0.4, -0.2) is 47.0 Å². The van der Waals surface area contributed by atoms with Crippen LogP contribution in [-0.2, 0) is 24.8 Å². The van der Waals surface area contributed by atoms with Crippen LogP contribution in [0.5, 0.6) is 0 Å². The molecule has 7 nitrogen and oxygen atoms in total. The molecule has 28 heavy (non-hydrogen) atoms. The van der Waals surface area contributed by atoms with E-state index in [1.807, 2.05) is 49.7 Å². The Labute approximate surface area is 189 Å². The van der Waals surface area contributed by atoms with Crippen LogP contribution in [0, 0.1) is 6.92 Å². The smallest absolute Gasteiger partial charge is 0.191 e. The van der Waals surface area contributed by atoms with Crippen molar-refractivity contribution in [3.63, 3.8) is 0 Å². The molecule has 1 heterocycles. The number of aliphatic imine (C=N–C) groups is 1. The van der Waals surface area contributed by atoms with Gasteiger partial charge < -0.3 is 19.9 Å². The maximum Gasteiger partial charge on any atom is 0.191 e. The van der Waals surface area contributed by atoms with Crippen molar-refractivity contribution < 1.29 is 4.74 Å². The SMILES string of the molecule is CCOCCCNC(=NCc1nnc(C)n1C)NCCc1ccc(Cl)cc1.I. The minimum Gasteiger partial charge on any atom is -0.382 e. The summed E-state index contributed by atoms with van der Waals surface area (Å²) < 4.78 is 7.33. The van der Waals surface area contributed by atoms with Crippen molar-refractivity contribution in [3.05, 3.63) is 46.5 Å². The Hall–Kier alpha value is -1.39. The fraction of sp³-hybridized carbons (Fsp3) is 0.526. The summed E-state index contributed by atoms with van der Waals surface area (Å²) in [6.07, 6.45) is 1.81. The molecule has 0 amide bonds. The van der Waals surface area contributed by atoms with Gasteiger partial charge in [0.15, 0.2) is 11.8 Å². The van der Waals surface area contributed by atoms with Gasteiger partial charge in [-0.05, 0) is 44.4 Å². The van der Waals surface area contributed by atoms with Gasteiger partial charge in [0.05, 0.1) is 0 Å². The fourth-order valence-corrected chi connectivity index (χ4v) is 2.54. The summed E-state index contributed by atoms with van der Waals surface area (Å²) in [7, 11) is 1.95. The summed E-state index contributed by atoms with van der Waals surface area (Å²) >= 11 is 5.94. The molecular formula is C19H30ClIN6O. The average Bonchev–Trinajstić information content (AvgIpc) is 2.99. The van der Waals surface area contributed by atoms with Gasteiger partial charge in [-0.15, -0.1) is 34.2 Å². The first kappa shape index (κ1) is 24.6. The first-order chi connectivity index (χ1) is 13.1. The van der Waals surface area contributed by atoms with Gasteiger partial charge in [-0.1, -0.05) is 23.7 Å². The molecule has 1 aromatic heterocycles. The summed E-state index contributed by atoms with van der Waals surface area (Å²) in [6.45, 7) is 7.45. The number of aryl methyl sites for hydroxylation is 1. The van der Waals surface area contributed by atoms with Crippen LogP contribution >= 0.6 is 35.6 Å². The van der Waals surface area contributed by atoms with Crippen molar-refractivity contribution in [1.82, 2.24) is 25.4 Å². The molecule has 0 fully saturated rings. The lowest BCUT2D eigenvalue weighted by Gasteiger charge is -2.13. The van der Waals surface area contributed by atoms with Gasteiger partial charge in [-0.3, -0.25) is 0 Å². The van der Waals surface area contributed by atoms with E-state index in [1.165, 1.54) is 5.56 Å². The third-order valence-electron chi connectivity index (χ3n) is 4.14. The molecule has 0 bridgehead atoms. The van der Waals surface area contributed by atoms with E-state index < -0.39 is 0 Å². The zero-order valence-electron chi connectivity index (χ0n) is 16.7. The molecule has 9 heteroatoms. The molecule has 0 aliphatic rings. The average molecular weight is 521 g/mol. The van der Waals surface area contributed by atoms with Crippen LogP contribution in [0.15, 0.2) is 29.3 Å². The van der Waals surface area contributed by atoms with E-state index in [9.17, 15) is 0 Å². The number of halogens is 2. The van der Waals surface area contributed by atoms with E-state index in [1.54, 1.807) is 0 Å². The van der Waals surface area contributed by atoms with Crippen LogP contribution < -0.4 is 10.6 Å². The van der Waals surface area contributed by atoms with Gasteiger partial charge >= 0.3 is 0 Å². The molecule has 2 N–H and O–H groups in total. The van der Waals surface area contributed by atoms with E-state index in [0.29, 0.717) is 6.54 Å². The van der Waals surface area contributed by atoms with E-state index in [-0.39, 0.29) is 24.0 Å². The number of ether oxygens (including phenoxy) is 1. The Bertz CT molecular complexity index is 720. The van der Waals surface area contributed by atoms with Gasteiger partial charge in [0.1, 0.15) is 12.4 Å². The highest BCUT2D eigenvalue weighted by Gasteiger charge is 2.05. The van der Waals surface area contributed by atoms with Crippen LogP contribution in [0.3, 0.4) is 0 Å². The van der Waals surface area contributed by atoms with Crippen molar-refractivity contribution in [1.29, 1.82) is 0 Å². The fourth-order valence-electron chi connectivity index (χ4n) is 2.41. The minimum atomic E-state index is 0. The Morgan fingerprint density at radius 3 is 2.54 bits per heavy atom. The number of nitrogens with zero attached hydrogens (tertiary/aromatic N) is 4. The molecule has 0 saturated carbocycles. The third kappa shape index (κ3) is 8.74. The quantitative estimate of drug-likeness (QED) is 0.218. The molecule has 0 radical (unpaired) electrons. The largest absolute Gasteiger partial charge is 0.382 e. The third-order valence-corrected chi connectivity index (χ3v) is 4.39. The molecule has 0 atom stereocenters.